The Hall–Kier alpha value is -2.39. The summed E-state index contributed by atoms with van der Waals surface area (Å²) in [6.45, 7) is 9.25. The van der Waals surface area contributed by atoms with Gasteiger partial charge in [0.25, 0.3) is 0 Å². The summed E-state index contributed by atoms with van der Waals surface area (Å²) in [5, 5.41) is 0. The predicted octanol–water partition coefficient (Wildman–Crippen LogP) is 1.93. The molecular weight excluding hydrogens is 384 g/mol. The van der Waals surface area contributed by atoms with Crippen LogP contribution in [0.3, 0.4) is 0 Å². The molecule has 0 spiro atoms. The van der Waals surface area contributed by atoms with Crippen molar-refractivity contribution in [1.82, 2.24) is 4.90 Å². The Labute approximate surface area is 166 Å². The third-order valence-electron chi connectivity index (χ3n) is 3.17. The van der Waals surface area contributed by atoms with Crippen molar-refractivity contribution < 1.29 is 27.5 Å². The van der Waals surface area contributed by atoms with Crippen molar-refractivity contribution in [2.45, 2.75) is 32.9 Å². The van der Waals surface area contributed by atoms with E-state index >= 15 is 0 Å². The van der Waals surface area contributed by atoms with Crippen molar-refractivity contribution in [1.29, 1.82) is 0 Å². The fourth-order valence-corrected chi connectivity index (χ4v) is 3.14. The zero-order valence-electron chi connectivity index (χ0n) is 16.7. The highest BCUT2D eigenvalue weighted by atomic mass is 32.2. The summed E-state index contributed by atoms with van der Waals surface area (Å²) in [4.78, 5) is 25.0. The van der Waals surface area contributed by atoms with Crippen molar-refractivity contribution in [3.05, 3.63) is 42.5 Å². The number of carbonyl (C=O) groups excluding carboxylic acids is 2. The molecule has 1 N–H and O–H groups in total. The molecule has 1 rings (SSSR count). The van der Waals surface area contributed by atoms with E-state index in [1.807, 2.05) is 0 Å². The van der Waals surface area contributed by atoms with E-state index in [1.165, 1.54) is 6.08 Å². The van der Waals surface area contributed by atoms with Crippen molar-refractivity contribution in [3.63, 3.8) is 0 Å². The third-order valence-corrected chi connectivity index (χ3v) is 4.33. The quantitative estimate of drug-likeness (QED) is 0.463. The summed E-state index contributed by atoms with van der Waals surface area (Å²) >= 11 is 0. The first-order valence-corrected chi connectivity index (χ1v) is 10.3. The summed E-state index contributed by atoms with van der Waals surface area (Å²) in [5.74, 6) is -1.93. The highest BCUT2D eigenvalue weighted by Gasteiger charge is 2.22. The molecule has 0 bridgehead atoms. The van der Waals surface area contributed by atoms with Crippen LogP contribution in [0, 0.1) is 0 Å². The molecule has 0 aliphatic carbocycles. The van der Waals surface area contributed by atoms with Gasteiger partial charge in [-0.15, -0.1) is 0 Å². The summed E-state index contributed by atoms with van der Waals surface area (Å²) in [6, 6.07) is 6.64. The molecule has 156 valence electrons. The fraction of sp³-hybridized carbons (Fsp3) is 0.474. The number of hydrogen-bond acceptors (Lipinski definition) is 7. The van der Waals surface area contributed by atoms with E-state index in [-0.39, 0.29) is 19.1 Å². The number of sulfonamides is 1. The second kappa shape index (κ2) is 10.2. The zero-order valence-corrected chi connectivity index (χ0v) is 17.5. The first-order valence-electron chi connectivity index (χ1n) is 8.66. The first kappa shape index (κ1) is 23.6. The van der Waals surface area contributed by atoms with Crippen molar-refractivity contribution in [2.75, 3.05) is 30.7 Å². The summed E-state index contributed by atoms with van der Waals surface area (Å²) in [6.07, 6.45) is 1.50. The van der Waals surface area contributed by atoms with E-state index in [4.69, 9.17) is 9.47 Å². The monoisotopic (exact) mass is 412 g/mol. The molecule has 0 aliphatic heterocycles. The lowest BCUT2D eigenvalue weighted by molar-refractivity contribution is -0.151. The van der Waals surface area contributed by atoms with Crippen LogP contribution in [-0.4, -0.2) is 56.8 Å². The van der Waals surface area contributed by atoms with Gasteiger partial charge in [0.2, 0.25) is 10.0 Å². The molecule has 1 aromatic carbocycles. The number of nitrogens with one attached hydrogen (secondary N) is 1. The maximum atomic E-state index is 12.1. The van der Waals surface area contributed by atoms with Gasteiger partial charge in [0, 0.05) is 12.2 Å². The van der Waals surface area contributed by atoms with Gasteiger partial charge in [0.1, 0.15) is 12.2 Å². The van der Waals surface area contributed by atoms with Gasteiger partial charge in [-0.3, -0.25) is 19.2 Å². The molecule has 8 nitrogen and oxygen atoms in total. The molecule has 0 saturated heterocycles. The number of carbonyl (C=O) groups is 2. The van der Waals surface area contributed by atoms with Gasteiger partial charge >= 0.3 is 11.9 Å². The van der Waals surface area contributed by atoms with Crippen LogP contribution in [0.2, 0.25) is 0 Å². The molecule has 0 saturated carbocycles. The highest BCUT2D eigenvalue weighted by molar-refractivity contribution is 7.93. The van der Waals surface area contributed by atoms with Gasteiger partial charge in [-0.05, 0) is 45.5 Å². The first-order chi connectivity index (χ1) is 12.9. The minimum absolute atomic E-state index is 0.123. The van der Waals surface area contributed by atoms with Crippen LogP contribution in [0.1, 0.15) is 26.3 Å². The molecule has 0 heterocycles. The maximum Gasteiger partial charge on any atom is 0.323 e. The van der Waals surface area contributed by atoms with E-state index in [9.17, 15) is 18.0 Å². The third kappa shape index (κ3) is 10.1. The standard InChI is InChI=1S/C19H28N2O6S/c1-6-11-26-17(22)13-21(5)12-15-7-9-16(10-8-15)20-28(24,25)14-18(23)27-19(2,3)4/h6-10,20H,1,11-14H2,2-5H3. The Morgan fingerprint density at radius 2 is 1.79 bits per heavy atom. The van der Waals surface area contributed by atoms with Gasteiger partial charge < -0.3 is 9.47 Å². The van der Waals surface area contributed by atoms with E-state index < -0.39 is 27.3 Å². The van der Waals surface area contributed by atoms with Gasteiger partial charge in [0.05, 0.1) is 6.54 Å². The lowest BCUT2D eigenvalue weighted by Gasteiger charge is -2.19. The van der Waals surface area contributed by atoms with Crippen LogP contribution in [0.25, 0.3) is 0 Å². The Balaban J connectivity index is 2.58. The number of likely N-dealkylation sites (N-methyl/N-ethyl adjacent to an activating group) is 1. The second-order valence-corrected chi connectivity index (χ2v) is 9.01. The van der Waals surface area contributed by atoms with Crippen LogP contribution in [-0.2, 0) is 35.6 Å². The molecule has 0 aliphatic rings. The Morgan fingerprint density at radius 3 is 2.32 bits per heavy atom. The number of hydrogen-bond donors (Lipinski definition) is 1. The van der Waals surface area contributed by atoms with E-state index in [0.29, 0.717) is 12.2 Å². The van der Waals surface area contributed by atoms with Crippen molar-refractivity contribution in [3.8, 4) is 0 Å². The lowest BCUT2D eigenvalue weighted by atomic mass is 10.2. The van der Waals surface area contributed by atoms with Gasteiger partial charge in [-0.1, -0.05) is 24.8 Å². The molecule has 1 aromatic rings. The predicted molar refractivity (Wildman–Crippen MR) is 107 cm³/mol. The minimum Gasteiger partial charge on any atom is -0.461 e. The topological polar surface area (TPSA) is 102 Å². The van der Waals surface area contributed by atoms with Gasteiger partial charge in [-0.2, -0.15) is 0 Å². The Kier molecular flexibility index (Phi) is 8.64. The van der Waals surface area contributed by atoms with Crippen LogP contribution < -0.4 is 4.72 Å². The minimum atomic E-state index is -3.87. The molecule has 0 aromatic heterocycles. The average Bonchev–Trinajstić information content (AvgIpc) is 2.51. The van der Waals surface area contributed by atoms with E-state index in [1.54, 1.807) is 57.0 Å². The van der Waals surface area contributed by atoms with Crippen LogP contribution in [0.4, 0.5) is 5.69 Å². The molecule has 0 unspecified atom stereocenters. The maximum absolute atomic E-state index is 12.1. The summed E-state index contributed by atoms with van der Waals surface area (Å²) in [5.41, 5.74) is 0.465. The number of ether oxygens (including phenoxy) is 2. The van der Waals surface area contributed by atoms with Crippen molar-refractivity contribution in [2.24, 2.45) is 0 Å². The number of esters is 2. The number of anilines is 1. The molecule has 0 atom stereocenters. The van der Waals surface area contributed by atoms with Gasteiger partial charge in [-0.25, -0.2) is 8.42 Å². The summed E-state index contributed by atoms with van der Waals surface area (Å²) < 4.78 is 36.5. The fourth-order valence-electron chi connectivity index (χ4n) is 2.21. The molecular formula is C19H28N2O6S. The number of rotatable bonds is 10. The normalized spacial score (nSPS) is 11.8. The average molecular weight is 413 g/mol. The zero-order chi connectivity index (χ0) is 21.4. The highest BCUT2D eigenvalue weighted by Crippen LogP contribution is 2.14. The Bertz CT molecular complexity index is 782. The molecule has 0 amide bonds. The summed E-state index contributed by atoms with van der Waals surface area (Å²) in [7, 11) is -2.10. The smallest absolute Gasteiger partial charge is 0.323 e. The molecule has 9 heteroatoms. The molecule has 0 radical (unpaired) electrons. The van der Waals surface area contributed by atoms with Gasteiger partial charge in [0.15, 0.2) is 5.75 Å². The van der Waals surface area contributed by atoms with Crippen LogP contribution >= 0.6 is 0 Å². The molecule has 0 fully saturated rings. The number of benzene rings is 1. The largest absolute Gasteiger partial charge is 0.461 e. The van der Waals surface area contributed by atoms with E-state index in [0.717, 1.165) is 5.56 Å². The second-order valence-electron chi connectivity index (χ2n) is 7.29. The Morgan fingerprint density at radius 1 is 1.18 bits per heavy atom. The van der Waals surface area contributed by atoms with Crippen molar-refractivity contribution >= 4 is 27.6 Å². The van der Waals surface area contributed by atoms with E-state index in [2.05, 4.69) is 11.3 Å². The SMILES string of the molecule is C=CCOC(=O)CN(C)Cc1ccc(NS(=O)(=O)CC(=O)OC(C)(C)C)cc1. The lowest BCUT2D eigenvalue weighted by Crippen LogP contribution is -2.30. The van der Waals surface area contributed by atoms with Crippen LogP contribution in [0.15, 0.2) is 36.9 Å². The number of nitrogens with zero attached hydrogens (tertiary/aromatic N) is 1. The van der Waals surface area contributed by atoms with Crippen LogP contribution in [0.5, 0.6) is 0 Å². The molecule has 28 heavy (non-hydrogen) atoms.